The van der Waals surface area contributed by atoms with Crippen molar-refractivity contribution in [1.29, 1.82) is 0 Å². The van der Waals surface area contributed by atoms with E-state index in [2.05, 4.69) is 48.2 Å². The molecule has 0 fully saturated rings. The van der Waals surface area contributed by atoms with Crippen molar-refractivity contribution in [2.45, 2.75) is 65.0 Å². The van der Waals surface area contributed by atoms with Gasteiger partial charge >= 0.3 is 0 Å². The van der Waals surface area contributed by atoms with Crippen LogP contribution in [-0.2, 0) is 6.42 Å². The number of rotatable bonds is 9. The SMILES string of the molecule is CCCCCCc1ccc(C(N=O)n2cncn2)c(C(C)C)c1. The Labute approximate surface area is 138 Å². The molecule has 5 heteroatoms. The third-order valence-electron chi connectivity index (χ3n) is 4.16. The van der Waals surface area contributed by atoms with Gasteiger partial charge in [0.2, 0.25) is 6.17 Å². The van der Waals surface area contributed by atoms with Gasteiger partial charge in [0, 0.05) is 5.56 Å². The Bertz CT molecular complexity index is 607. The largest absolute Gasteiger partial charge is 0.223 e. The highest BCUT2D eigenvalue weighted by molar-refractivity contribution is 5.36. The van der Waals surface area contributed by atoms with Gasteiger partial charge in [0.15, 0.2) is 0 Å². The van der Waals surface area contributed by atoms with Crippen LogP contribution in [0.5, 0.6) is 0 Å². The standard InChI is InChI=1S/C18H26N4O/c1-4-5-6-7-8-15-9-10-16(17(11-15)14(2)3)18(21-23)22-13-19-12-20-22/h9-14,18H,4-8H2,1-3H3. The third kappa shape index (κ3) is 4.47. The molecule has 2 rings (SSSR count). The first-order valence-corrected chi connectivity index (χ1v) is 8.46. The summed E-state index contributed by atoms with van der Waals surface area (Å²) in [5, 5.41) is 7.34. The molecule has 1 atom stereocenters. The van der Waals surface area contributed by atoms with Gasteiger partial charge in [0.25, 0.3) is 0 Å². The molecule has 0 N–H and O–H groups in total. The van der Waals surface area contributed by atoms with Crippen LogP contribution in [0, 0.1) is 4.91 Å². The van der Waals surface area contributed by atoms with Gasteiger partial charge in [0.05, 0.1) is 0 Å². The molecule has 1 aromatic heterocycles. The quantitative estimate of drug-likeness (QED) is 0.491. The van der Waals surface area contributed by atoms with Crippen LogP contribution < -0.4 is 0 Å². The van der Waals surface area contributed by atoms with Gasteiger partial charge in [-0.25, -0.2) is 9.67 Å². The maximum atomic E-state index is 11.4. The molecule has 0 saturated carbocycles. The van der Waals surface area contributed by atoms with Gasteiger partial charge in [-0.1, -0.05) is 58.2 Å². The summed E-state index contributed by atoms with van der Waals surface area (Å²) < 4.78 is 1.51. The van der Waals surface area contributed by atoms with Gasteiger partial charge in [-0.05, 0) is 35.1 Å². The molecule has 0 saturated heterocycles. The Kier molecular flexibility index (Phi) is 6.44. The first-order chi connectivity index (χ1) is 11.2. The number of aryl methyl sites for hydroxylation is 1. The predicted octanol–water partition coefficient (Wildman–Crippen LogP) is 4.84. The third-order valence-corrected chi connectivity index (χ3v) is 4.16. The molecule has 2 aromatic rings. The maximum Gasteiger partial charge on any atom is 0.210 e. The van der Waals surface area contributed by atoms with Gasteiger partial charge in [-0.15, -0.1) is 4.91 Å². The molecule has 23 heavy (non-hydrogen) atoms. The molecule has 0 radical (unpaired) electrons. The zero-order chi connectivity index (χ0) is 16.7. The smallest absolute Gasteiger partial charge is 0.210 e. The maximum absolute atomic E-state index is 11.4. The minimum Gasteiger partial charge on any atom is -0.223 e. The lowest BCUT2D eigenvalue weighted by atomic mass is 9.92. The van der Waals surface area contributed by atoms with Crippen LogP contribution >= 0.6 is 0 Å². The van der Waals surface area contributed by atoms with Crippen molar-refractivity contribution in [1.82, 2.24) is 14.8 Å². The lowest BCUT2D eigenvalue weighted by molar-refractivity contribution is 0.532. The summed E-state index contributed by atoms with van der Waals surface area (Å²) in [5.74, 6) is 0.327. The van der Waals surface area contributed by atoms with Gasteiger partial charge < -0.3 is 0 Å². The number of unbranched alkanes of at least 4 members (excludes halogenated alkanes) is 3. The fraction of sp³-hybridized carbons (Fsp3) is 0.556. The van der Waals surface area contributed by atoms with Crippen LogP contribution in [0.25, 0.3) is 0 Å². The van der Waals surface area contributed by atoms with E-state index in [4.69, 9.17) is 0 Å². The van der Waals surface area contributed by atoms with E-state index in [0.29, 0.717) is 5.92 Å². The molecule has 0 amide bonds. The Morgan fingerprint density at radius 3 is 2.61 bits per heavy atom. The number of benzene rings is 1. The van der Waals surface area contributed by atoms with Crippen LogP contribution in [0.4, 0.5) is 0 Å². The second-order valence-corrected chi connectivity index (χ2v) is 6.28. The Hall–Kier alpha value is -2.04. The zero-order valence-corrected chi connectivity index (χ0v) is 14.3. The van der Waals surface area contributed by atoms with E-state index in [1.165, 1.54) is 48.6 Å². The van der Waals surface area contributed by atoms with E-state index in [9.17, 15) is 4.91 Å². The fourth-order valence-electron chi connectivity index (χ4n) is 2.86. The molecular formula is C18H26N4O. The van der Waals surface area contributed by atoms with Crippen molar-refractivity contribution >= 4 is 0 Å². The normalized spacial score (nSPS) is 12.5. The monoisotopic (exact) mass is 314 g/mol. The molecule has 0 spiro atoms. The van der Waals surface area contributed by atoms with Crippen molar-refractivity contribution < 1.29 is 0 Å². The molecule has 1 unspecified atom stereocenters. The van der Waals surface area contributed by atoms with Crippen molar-refractivity contribution in [2.75, 3.05) is 0 Å². The Balaban J connectivity index is 2.24. The lowest BCUT2D eigenvalue weighted by Crippen LogP contribution is -2.12. The average Bonchev–Trinajstić information content (AvgIpc) is 3.07. The van der Waals surface area contributed by atoms with E-state index >= 15 is 0 Å². The Morgan fingerprint density at radius 2 is 2.00 bits per heavy atom. The molecule has 0 bridgehead atoms. The van der Waals surface area contributed by atoms with E-state index in [0.717, 1.165) is 17.5 Å². The van der Waals surface area contributed by atoms with Crippen molar-refractivity contribution in [3.63, 3.8) is 0 Å². The van der Waals surface area contributed by atoms with E-state index in [1.807, 2.05) is 6.07 Å². The first kappa shape index (κ1) is 17.3. The van der Waals surface area contributed by atoms with Gasteiger partial charge in [-0.3, -0.25) is 0 Å². The van der Waals surface area contributed by atoms with Crippen molar-refractivity contribution in [3.8, 4) is 0 Å². The van der Waals surface area contributed by atoms with Crippen molar-refractivity contribution in [2.24, 2.45) is 5.18 Å². The van der Waals surface area contributed by atoms with Gasteiger partial charge in [-0.2, -0.15) is 5.10 Å². The summed E-state index contributed by atoms with van der Waals surface area (Å²) in [6.45, 7) is 6.51. The van der Waals surface area contributed by atoms with Crippen molar-refractivity contribution in [3.05, 3.63) is 52.5 Å². The lowest BCUT2D eigenvalue weighted by Gasteiger charge is -2.18. The highest BCUT2D eigenvalue weighted by Crippen LogP contribution is 2.29. The van der Waals surface area contributed by atoms with Crippen LogP contribution in [0.2, 0.25) is 0 Å². The van der Waals surface area contributed by atoms with Crippen LogP contribution in [0.1, 0.15) is 75.2 Å². The molecule has 0 aliphatic rings. The second-order valence-electron chi connectivity index (χ2n) is 6.28. The molecule has 1 heterocycles. The van der Waals surface area contributed by atoms with E-state index in [1.54, 1.807) is 0 Å². The average molecular weight is 314 g/mol. The van der Waals surface area contributed by atoms with Crippen LogP contribution in [0.15, 0.2) is 36.0 Å². The number of hydrogen-bond acceptors (Lipinski definition) is 4. The minimum atomic E-state index is -0.649. The van der Waals surface area contributed by atoms with E-state index < -0.39 is 6.17 Å². The summed E-state index contributed by atoms with van der Waals surface area (Å²) in [6, 6.07) is 6.36. The molecule has 1 aromatic carbocycles. The highest BCUT2D eigenvalue weighted by atomic mass is 16.3. The predicted molar refractivity (Wildman–Crippen MR) is 92.3 cm³/mol. The number of nitroso groups, excluding NO2 is 1. The van der Waals surface area contributed by atoms with E-state index in [-0.39, 0.29) is 0 Å². The molecule has 0 aliphatic heterocycles. The summed E-state index contributed by atoms with van der Waals surface area (Å²) in [6.07, 6.45) is 8.42. The summed E-state index contributed by atoms with van der Waals surface area (Å²) in [4.78, 5) is 15.3. The Morgan fingerprint density at radius 1 is 1.17 bits per heavy atom. The second kappa shape index (κ2) is 8.56. The summed E-state index contributed by atoms with van der Waals surface area (Å²) >= 11 is 0. The summed E-state index contributed by atoms with van der Waals surface area (Å²) in [5.41, 5.74) is 3.41. The number of aromatic nitrogens is 3. The number of nitrogens with zero attached hydrogens (tertiary/aromatic N) is 4. The summed E-state index contributed by atoms with van der Waals surface area (Å²) in [7, 11) is 0. The first-order valence-electron chi connectivity index (χ1n) is 8.46. The van der Waals surface area contributed by atoms with Gasteiger partial charge in [0.1, 0.15) is 12.7 Å². The molecule has 5 nitrogen and oxygen atoms in total. The molecular weight excluding hydrogens is 288 g/mol. The number of hydrogen-bond donors (Lipinski definition) is 0. The zero-order valence-electron chi connectivity index (χ0n) is 14.3. The fourth-order valence-corrected chi connectivity index (χ4v) is 2.86. The van der Waals surface area contributed by atoms with Crippen LogP contribution in [0.3, 0.4) is 0 Å². The topological polar surface area (TPSA) is 60.1 Å². The molecule has 124 valence electrons. The minimum absolute atomic E-state index is 0.327. The highest BCUT2D eigenvalue weighted by Gasteiger charge is 2.20. The van der Waals surface area contributed by atoms with Crippen LogP contribution in [-0.4, -0.2) is 14.8 Å². The molecule has 0 aliphatic carbocycles.